The molecule has 2 nitrogen and oxygen atoms in total. The molecule has 0 radical (unpaired) electrons. The number of aryl methyl sites for hydroxylation is 1. The molecule has 0 saturated carbocycles. The molecule has 9 heavy (non-hydrogen) atoms. The van der Waals surface area contributed by atoms with Crippen molar-refractivity contribution in [1.29, 1.82) is 5.26 Å². The van der Waals surface area contributed by atoms with Gasteiger partial charge in [-0.2, -0.15) is 5.26 Å². The van der Waals surface area contributed by atoms with Gasteiger partial charge in [-0.25, -0.2) is 0 Å². The molecule has 1 rings (SSSR count). The minimum Gasteiger partial charge on any atom is -0.450 e. The zero-order valence-corrected chi connectivity index (χ0v) is 6.40. The average molecular weight is 186 g/mol. The number of hydrogen-bond acceptors (Lipinski definition) is 2. The van der Waals surface area contributed by atoms with Crippen LogP contribution in [0.2, 0.25) is 0 Å². The summed E-state index contributed by atoms with van der Waals surface area (Å²) in [6.45, 7) is 1.80. The van der Waals surface area contributed by atoms with Crippen molar-refractivity contribution in [3.8, 4) is 6.07 Å². The van der Waals surface area contributed by atoms with E-state index in [1.165, 1.54) is 0 Å². The summed E-state index contributed by atoms with van der Waals surface area (Å²) in [5.74, 6) is 1.09. The fourth-order valence-electron chi connectivity index (χ4n) is 0.515. The molecule has 0 saturated heterocycles. The van der Waals surface area contributed by atoms with E-state index in [0.29, 0.717) is 5.76 Å². The molecule has 3 heteroatoms. The highest BCUT2D eigenvalue weighted by molar-refractivity contribution is 9.10. The van der Waals surface area contributed by atoms with Crippen molar-refractivity contribution in [1.82, 2.24) is 0 Å². The van der Waals surface area contributed by atoms with Crippen LogP contribution < -0.4 is 0 Å². The van der Waals surface area contributed by atoms with E-state index in [1.54, 1.807) is 13.0 Å². The molecule has 0 aliphatic heterocycles. The maximum atomic E-state index is 8.31. The summed E-state index contributed by atoms with van der Waals surface area (Å²) in [7, 11) is 0. The van der Waals surface area contributed by atoms with Crippen LogP contribution in [0.5, 0.6) is 0 Å². The van der Waals surface area contributed by atoms with Gasteiger partial charge in [-0.15, -0.1) is 0 Å². The number of furan rings is 1. The molecule has 0 aromatic carbocycles. The molecule has 1 heterocycles. The van der Waals surface area contributed by atoms with Crippen molar-refractivity contribution in [2.24, 2.45) is 0 Å². The average Bonchev–Trinajstić information content (AvgIpc) is 2.13. The van der Waals surface area contributed by atoms with Crippen molar-refractivity contribution in [3.05, 3.63) is 22.1 Å². The Morgan fingerprint density at radius 3 is 2.67 bits per heavy atom. The molecule has 0 unspecified atom stereocenters. The van der Waals surface area contributed by atoms with E-state index in [9.17, 15) is 0 Å². The van der Waals surface area contributed by atoms with Gasteiger partial charge < -0.3 is 4.42 Å². The molecule has 1 aromatic heterocycles. The molecule has 46 valence electrons. The Kier molecular flexibility index (Phi) is 1.58. The van der Waals surface area contributed by atoms with E-state index < -0.39 is 0 Å². The van der Waals surface area contributed by atoms with E-state index in [0.717, 1.165) is 10.2 Å². The lowest BCUT2D eigenvalue weighted by Crippen LogP contribution is -1.58. The Labute approximate surface area is 61.2 Å². The zero-order chi connectivity index (χ0) is 6.85. The largest absolute Gasteiger partial charge is 0.450 e. The first-order valence-electron chi connectivity index (χ1n) is 2.40. The van der Waals surface area contributed by atoms with E-state index >= 15 is 0 Å². The molecule has 1 aromatic rings. The monoisotopic (exact) mass is 185 g/mol. The molecule has 0 bridgehead atoms. The highest BCUT2D eigenvalue weighted by Gasteiger charge is 2.01. The summed E-state index contributed by atoms with van der Waals surface area (Å²) in [5.41, 5.74) is 0. The molecule has 0 aliphatic carbocycles. The van der Waals surface area contributed by atoms with E-state index in [2.05, 4.69) is 15.9 Å². The Morgan fingerprint density at radius 2 is 2.44 bits per heavy atom. The first-order valence-corrected chi connectivity index (χ1v) is 3.19. The lowest BCUT2D eigenvalue weighted by molar-refractivity contribution is 0.519. The van der Waals surface area contributed by atoms with Gasteiger partial charge in [0.25, 0.3) is 0 Å². The lowest BCUT2D eigenvalue weighted by atomic mass is 10.4. The molecule has 0 N–H and O–H groups in total. The standard InChI is InChI=1S/C6H4BrNO/c1-4-6(7)2-5(3-8)9-4/h2H,1H3. The van der Waals surface area contributed by atoms with Crippen LogP contribution in [0.3, 0.4) is 0 Å². The van der Waals surface area contributed by atoms with Crippen molar-refractivity contribution in [2.75, 3.05) is 0 Å². The predicted molar refractivity (Wildman–Crippen MR) is 35.9 cm³/mol. The first kappa shape index (κ1) is 6.37. The zero-order valence-electron chi connectivity index (χ0n) is 4.81. The Balaban J connectivity index is 3.16. The molecular formula is C6H4BrNO. The van der Waals surface area contributed by atoms with Crippen LogP contribution in [0.25, 0.3) is 0 Å². The van der Waals surface area contributed by atoms with E-state index in [1.807, 2.05) is 6.07 Å². The van der Waals surface area contributed by atoms with Crippen LogP contribution in [-0.4, -0.2) is 0 Å². The second-order valence-corrected chi connectivity index (χ2v) is 2.48. The summed E-state index contributed by atoms with van der Waals surface area (Å²) < 4.78 is 5.80. The smallest absolute Gasteiger partial charge is 0.204 e. The number of hydrogen-bond donors (Lipinski definition) is 0. The summed E-state index contributed by atoms with van der Waals surface area (Å²) >= 11 is 3.21. The van der Waals surface area contributed by atoms with Gasteiger partial charge in [0.2, 0.25) is 5.76 Å². The van der Waals surface area contributed by atoms with Crippen LogP contribution in [0.15, 0.2) is 15.0 Å². The minimum absolute atomic E-state index is 0.347. The van der Waals surface area contributed by atoms with Gasteiger partial charge in [0.15, 0.2) is 0 Å². The normalized spacial score (nSPS) is 9.00. The van der Waals surface area contributed by atoms with Gasteiger partial charge in [0, 0.05) is 6.07 Å². The Morgan fingerprint density at radius 1 is 1.78 bits per heavy atom. The maximum absolute atomic E-state index is 8.31. The van der Waals surface area contributed by atoms with Crippen molar-refractivity contribution < 1.29 is 4.42 Å². The van der Waals surface area contributed by atoms with Crippen LogP contribution in [0.1, 0.15) is 11.5 Å². The maximum Gasteiger partial charge on any atom is 0.204 e. The molecule has 0 aliphatic rings. The predicted octanol–water partition coefficient (Wildman–Crippen LogP) is 2.22. The highest BCUT2D eigenvalue weighted by atomic mass is 79.9. The second kappa shape index (κ2) is 2.24. The number of nitriles is 1. The molecular weight excluding hydrogens is 182 g/mol. The third-order valence-corrected chi connectivity index (χ3v) is 1.75. The van der Waals surface area contributed by atoms with Gasteiger partial charge in [0.1, 0.15) is 11.8 Å². The lowest BCUT2D eigenvalue weighted by Gasteiger charge is -1.77. The van der Waals surface area contributed by atoms with Gasteiger partial charge in [-0.3, -0.25) is 0 Å². The van der Waals surface area contributed by atoms with Crippen LogP contribution >= 0.6 is 15.9 Å². The van der Waals surface area contributed by atoms with Crippen molar-refractivity contribution in [3.63, 3.8) is 0 Å². The van der Waals surface area contributed by atoms with E-state index in [4.69, 9.17) is 9.68 Å². The third kappa shape index (κ3) is 1.14. The fraction of sp³-hybridized carbons (Fsp3) is 0.167. The molecule has 0 amide bonds. The third-order valence-electron chi connectivity index (χ3n) is 0.967. The summed E-state index contributed by atoms with van der Waals surface area (Å²) in [6.07, 6.45) is 0. The van der Waals surface area contributed by atoms with Crippen LogP contribution in [-0.2, 0) is 0 Å². The quantitative estimate of drug-likeness (QED) is 0.622. The number of nitrogens with zero attached hydrogens (tertiary/aromatic N) is 1. The van der Waals surface area contributed by atoms with Crippen molar-refractivity contribution >= 4 is 15.9 Å². The van der Waals surface area contributed by atoms with Gasteiger partial charge in [-0.1, -0.05) is 0 Å². The summed E-state index contributed by atoms with van der Waals surface area (Å²) in [4.78, 5) is 0. The van der Waals surface area contributed by atoms with Crippen molar-refractivity contribution in [2.45, 2.75) is 6.92 Å². The summed E-state index contributed by atoms with van der Waals surface area (Å²) in [5, 5.41) is 8.31. The number of rotatable bonds is 0. The van der Waals surface area contributed by atoms with Gasteiger partial charge >= 0.3 is 0 Å². The Hall–Kier alpha value is -0.750. The highest BCUT2D eigenvalue weighted by Crippen LogP contribution is 2.19. The molecule has 0 atom stereocenters. The summed E-state index contributed by atoms with van der Waals surface area (Å²) in [6, 6.07) is 3.54. The molecule has 0 fully saturated rings. The SMILES string of the molecule is Cc1oc(C#N)cc1Br. The first-order chi connectivity index (χ1) is 4.24. The van der Waals surface area contributed by atoms with Gasteiger partial charge in [0.05, 0.1) is 4.47 Å². The second-order valence-electron chi connectivity index (χ2n) is 1.63. The van der Waals surface area contributed by atoms with Gasteiger partial charge in [-0.05, 0) is 22.9 Å². The fourth-order valence-corrected chi connectivity index (χ4v) is 0.804. The number of halogens is 1. The van der Waals surface area contributed by atoms with Crippen LogP contribution in [0.4, 0.5) is 0 Å². The van der Waals surface area contributed by atoms with E-state index in [-0.39, 0.29) is 0 Å². The Bertz CT molecular complexity index is 239. The topological polar surface area (TPSA) is 36.9 Å². The minimum atomic E-state index is 0.347. The molecule has 0 spiro atoms. The van der Waals surface area contributed by atoms with Crippen LogP contribution in [0, 0.1) is 18.3 Å².